The molecule has 0 fully saturated rings. The molecule has 0 aliphatic carbocycles. The van der Waals surface area contributed by atoms with Gasteiger partial charge in [0.25, 0.3) is 0 Å². The van der Waals surface area contributed by atoms with Gasteiger partial charge in [-0.1, -0.05) is 109 Å². The lowest BCUT2D eigenvalue weighted by atomic mass is 10.0. The Balaban J connectivity index is 1.25. The maximum Gasteiger partial charge on any atom is 0.0716 e. The third-order valence-corrected chi connectivity index (χ3v) is 10.8. The molecule has 49 heavy (non-hydrogen) atoms. The van der Waals surface area contributed by atoms with Crippen molar-refractivity contribution >= 4 is 81.3 Å². The Morgan fingerprint density at radius 1 is 0.490 bits per heavy atom. The normalized spacial score (nSPS) is 11.7. The average molecular weight is 644 g/mol. The van der Waals surface area contributed by atoms with Gasteiger partial charge in [0.1, 0.15) is 0 Å². The lowest BCUT2D eigenvalue weighted by molar-refractivity contribution is 1.18. The summed E-state index contributed by atoms with van der Waals surface area (Å²) in [5, 5.41) is 6.07. The minimum atomic E-state index is 1.02. The Kier molecular flexibility index (Phi) is 6.36. The molecular formula is C45H29N3S. The fraction of sp³-hybridized carbons (Fsp3) is 0. The van der Waals surface area contributed by atoms with Crippen LogP contribution in [0.4, 0.5) is 17.1 Å². The maximum atomic E-state index is 4.92. The molecule has 0 saturated heterocycles. The zero-order chi connectivity index (χ0) is 32.3. The largest absolute Gasteiger partial charge is 0.310 e. The van der Waals surface area contributed by atoms with Crippen LogP contribution in [0.15, 0.2) is 176 Å². The summed E-state index contributed by atoms with van der Waals surface area (Å²) in [6.45, 7) is 0. The summed E-state index contributed by atoms with van der Waals surface area (Å²) in [6, 6.07) is 61.0. The van der Waals surface area contributed by atoms with Gasteiger partial charge < -0.3 is 9.47 Å². The van der Waals surface area contributed by atoms with Gasteiger partial charge in [0.05, 0.1) is 22.2 Å². The second kappa shape index (κ2) is 11.2. The summed E-state index contributed by atoms with van der Waals surface area (Å²) in [5.74, 6) is 0. The molecule has 0 aliphatic heterocycles. The molecule has 0 amide bonds. The van der Waals surface area contributed by atoms with Gasteiger partial charge in [-0.25, -0.2) is 0 Å². The van der Waals surface area contributed by atoms with Crippen molar-refractivity contribution in [3.05, 3.63) is 176 Å². The van der Waals surface area contributed by atoms with Crippen molar-refractivity contribution in [2.75, 3.05) is 4.90 Å². The SMILES string of the molecule is c1ccc(-c2ccc(N(c3ccc4c5ccccc5n(-c5ccccc5)c4c3)c3cccc4sc5c6ccccc6ncc5c34)cc2)cc1. The van der Waals surface area contributed by atoms with Gasteiger partial charge in [-0.05, 0) is 71.8 Å². The molecule has 0 radical (unpaired) electrons. The molecule has 4 heteroatoms. The van der Waals surface area contributed by atoms with Gasteiger partial charge in [-0.2, -0.15) is 0 Å². The second-order valence-electron chi connectivity index (χ2n) is 12.4. The Morgan fingerprint density at radius 2 is 1.16 bits per heavy atom. The topological polar surface area (TPSA) is 21.1 Å². The minimum absolute atomic E-state index is 1.02. The van der Waals surface area contributed by atoms with Crippen molar-refractivity contribution in [1.82, 2.24) is 9.55 Å². The molecule has 0 saturated carbocycles. The molecule has 0 atom stereocenters. The molecule has 7 aromatic carbocycles. The fourth-order valence-electron chi connectivity index (χ4n) is 7.39. The average Bonchev–Trinajstić information content (AvgIpc) is 3.72. The highest BCUT2D eigenvalue weighted by atomic mass is 32.1. The molecule has 10 aromatic rings. The second-order valence-corrected chi connectivity index (χ2v) is 13.5. The Hall–Kier alpha value is -6.23. The first-order valence-electron chi connectivity index (χ1n) is 16.5. The van der Waals surface area contributed by atoms with Gasteiger partial charge >= 0.3 is 0 Å². The number of pyridine rings is 1. The molecule has 0 N–H and O–H groups in total. The van der Waals surface area contributed by atoms with Gasteiger partial charge in [-0.15, -0.1) is 11.3 Å². The lowest BCUT2D eigenvalue weighted by Gasteiger charge is -2.27. The third kappa shape index (κ3) is 4.46. The monoisotopic (exact) mass is 643 g/mol. The summed E-state index contributed by atoms with van der Waals surface area (Å²) in [5.41, 5.74) is 10.3. The van der Waals surface area contributed by atoms with Crippen LogP contribution in [-0.2, 0) is 0 Å². The van der Waals surface area contributed by atoms with Crippen molar-refractivity contribution < 1.29 is 0 Å². The minimum Gasteiger partial charge on any atom is -0.310 e. The van der Waals surface area contributed by atoms with Crippen molar-refractivity contribution in [3.8, 4) is 16.8 Å². The van der Waals surface area contributed by atoms with Crippen LogP contribution in [0.5, 0.6) is 0 Å². The van der Waals surface area contributed by atoms with E-state index in [1.807, 2.05) is 11.3 Å². The number of rotatable bonds is 5. The van der Waals surface area contributed by atoms with Gasteiger partial charge in [0.15, 0.2) is 0 Å². The van der Waals surface area contributed by atoms with E-state index in [-0.39, 0.29) is 0 Å². The molecule has 0 unspecified atom stereocenters. The number of anilines is 3. The molecule has 10 rings (SSSR count). The summed E-state index contributed by atoms with van der Waals surface area (Å²) < 4.78 is 4.91. The molecule has 230 valence electrons. The van der Waals surface area contributed by atoms with Crippen LogP contribution in [0.1, 0.15) is 0 Å². The van der Waals surface area contributed by atoms with Gasteiger partial charge in [-0.3, -0.25) is 4.98 Å². The van der Waals surface area contributed by atoms with Crippen LogP contribution < -0.4 is 4.90 Å². The number of thiophene rings is 1. The quantitative estimate of drug-likeness (QED) is 0.186. The van der Waals surface area contributed by atoms with E-state index >= 15 is 0 Å². The first kappa shape index (κ1) is 27.8. The van der Waals surface area contributed by atoms with Crippen molar-refractivity contribution in [2.45, 2.75) is 0 Å². The molecule has 0 bridgehead atoms. The van der Waals surface area contributed by atoms with Crippen molar-refractivity contribution in [2.24, 2.45) is 0 Å². The smallest absolute Gasteiger partial charge is 0.0716 e. The molecule has 3 nitrogen and oxygen atoms in total. The molecule has 0 spiro atoms. The predicted octanol–water partition coefficient (Wildman–Crippen LogP) is 12.8. The molecule has 3 heterocycles. The number of fused-ring (bicyclic) bond motifs is 8. The number of benzene rings is 7. The van der Waals surface area contributed by atoms with E-state index in [9.17, 15) is 0 Å². The van der Waals surface area contributed by atoms with E-state index in [1.54, 1.807) is 0 Å². The predicted molar refractivity (Wildman–Crippen MR) is 209 cm³/mol. The zero-order valence-electron chi connectivity index (χ0n) is 26.5. The highest BCUT2D eigenvalue weighted by Crippen LogP contribution is 2.47. The fourth-order valence-corrected chi connectivity index (χ4v) is 8.62. The van der Waals surface area contributed by atoms with E-state index in [1.165, 1.54) is 58.5 Å². The first-order chi connectivity index (χ1) is 24.3. The summed E-state index contributed by atoms with van der Waals surface area (Å²) >= 11 is 1.85. The summed E-state index contributed by atoms with van der Waals surface area (Å²) in [6.07, 6.45) is 2.06. The standard InChI is InChI=1S/C45H29N3S/c1-3-12-30(13-4-1)31-22-24-33(25-23-31)47(41-20-11-21-43-44(41)38-29-46-39-18-9-7-17-37(39)45(38)49-43)34-26-27-36-35-16-8-10-19-40(35)48(42(36)28-34)32-14-5-2-6-15-32/h1-29H. The van der Waals surface area contributed by atoms with E-state index < -0.39 is 0 Å². The highest BCUT2D eigenvalue weighted by molar-refractivity contribution is 7.26. The Labute approximate surface area is 287 Å². The summed E-state index contributed by atoms with van der Waals surface area (Å²) in [4.78, 5) is 7.34. The van der Waals surface area contributed by atoms with Gasteiger partial charge in [0, 0.05) is 59.6 Å². The van der Waals surface area contributed by atoms with E-state index in [2.05, 4.69) is 186 Å². The van der Waals surface area contributed by atoms with E-state index in [4.69, 9.17) is 4.98 Å². The van der Waals surface area contributed by atoms with Crippen LogP contribution in [0.2, 0.25) is 0 Å². The number of aromatic nitrogens is 2. The number of nitrogens with zero attached hydrogens (tertiary/aromatic N) is 3. The number of hydrogen-bond donors (Lipinski definition) is 0. The van der Waals surface area contributed by atoms with Crippen LogP contribution in [0.25, 0.3) is 69.7 Å². The van der Waals surface area contributed by atoms with Crippen LogP contribution in [0, 0.1) is 0 Å². The van der Waals surface area contributed by atoms with Crippen LogP contribution in [0.3, 0.4) is 0 Å². The Morgan fingerprint density at radius 3 is 2.00 bits per heavy atom. The van der Waals surface area contributed by atoms with E-state index in [0.29, 0.717) is 0 Å². The third-order valence-electron chi connectivity index (χ3n) is 9.62. The molecule has 3 aromatic heterocycles. The first-order valence-corrected chi connectivity index (χ1v) is 17.4. The van der Waals surface area contributed by atoms with Crippen molar-refractivity contribution in [3.63, 3.8) is 0 Å². The van der Waals surface area contributed by atoms with Crippen LogP contribution >= 0.6 is 11.3 Å². The van der Waals surface area contributed by atoms with E-state index in [0.717, 1.165) is 28.3 Å². The van der Waals surface area contributed by atoms with Crippen molar-refractivity contribution in [1.29, 1.82) is 0 Å². The Bertz CT molecular complexity index is 2820. The summed E-state index contributed by atoms with van der Waals surface area (Å²) in [7, 11) is 0. The number of hydrogen-bond acceptors (Lipinski definition) is 3. The van der Waals surface area contributed by atoms with Crippen LogP contribution in [-0.4, -0.2) is 9.55 Å². The molecular weight excluding hydrogens is 615 g/mol. The van der Waals surface area contributed by atoms with Gasteiger partial charge in [0.2, 0.25) is 0 Å². The highest BCUT2D eigenvalue weighted by Gasteiger charge is 2.21. The zero-order valence-corrected chi connectivity index (χ0v) is 27.3. The molecule has 0 aliphatic rings. The number of para-hydroxylation sites is 3. The lowest BCUT2D eigenvalue weighted by Crippen LogP contribution is -2.10. The maximum absolute atomic E-state index is 4.92.